The molecule has 0 aromatic carbocycles. The van der Waals surface area contributed by atoms with E-state index in [9.17, 15) is 0 Å². The van der Waals surface area contributed by atoms with Gasteiger partial charge in [0.05, 0.1) is 15.6 Å². The van der Waals surface area contributed by atoms with Crippen molar-refractivity contribution in [2.75, 3.05) is 12.4 Å². The fourth-order valence-corrected chi connectivity index (χ4v) is 4.16. The summed E-state index contributed by atoms with van der Waals surface area (Å²) < 4.78 is 1.13. The second-order valence-electron chi connectivity index (χ2n) is 3.23. The molecule has 1 heterocycles. The van der Waals surface area contributed by atoms with E-state index in [-0.39, 0.29) is 12.6 Å². The second-order valence-corrected chi connectivity index (χ2v) is 6.97. The zero-order chi connectivity index (χ0) is 11.3. The van der Waals surface area contributed by atoms with Crippen molar-refractivity contribution in [1.29, 1.82) is 0 Å². The lowest BCUT2D eigenvalue weighted by Gasteiger charge is -2.20. The van der Waals surface area contributed by atoms with Gasteiger partial charge in [0.15, 0.2) is 0 Å². The molecule has 2 atom stereocenters. The van der Waals surface area contributed by atoms with Gasteiger partial charge in [-0.15, -0.1) is 23.1 Å². The Bertz CT molecular complexity index is 293. The fraction of sp³-hybridized carbons (Fsp3) is 0.600. The first-order valence-electron chi connectivity index (χ1n) is 4.92. The van der Waals surface area contributed by atoms with Crippen LogP contribution in [-0.2, 0) is 0 Å². The van der Waals surface area contributed by atoms with Crippen LogP contribution < -0.4 is 5.73 Å². The van der Waals surface area contributed by atoms with E-state index in [2.05, 4.69) is 35.0 Å². The zero-order valence-corrected chi connectivity index (χ0v) is 11.9. The molecule has 0 aliphatic carbocycles. The summed E-state index contributed by atoms with van der Waals surface area (Å²) >= 11 is 6.92. The standard InChI is InChI=1S/C10H16BrNOS2/c1-2-7(12)10(14-6-5-13)8-3-4-9(11)15-8/h3-4,7,10,13H,2,5-6,12H2,1H3. The summed E-state index contributed by atoms with van der Waals surface area (Å²) in [6, 6.07) is 4.32. The van der Waals surface area contributed by atoms with E-state index in [1.54, 1.807) is 23.1 Å². The zero-order valence-electron chi connectivity index (χ0n) is 8.65. The summed E-state index contributed by atoms with van der Waals surface area (Å²) in [7, 11) is 0. The first-order valence-corrected chi connectivity index (χ1v) is 7.58. The summed E-state index contributed by atoms with van der Waals surface area (Å²) in [5, 5.41) is 9.16. The second kappa shape index (κ2) is 6.91. The van der Waals surface area contributed by atoms with Gasteiger partial charge < -0.3 is 10.8 Å². The Labute approximate surface area is 107 Å². The van der Waals surface area contributed by atoms with Crippen molar-refractivity contribution in [3.05, 3.63) is 20.8 Å². The molecular weight excluding hydrogens is 294 g/mol. The van der Waals surface area contributed by atoms with Gasteiger partial charge in [-0.1, -0.05) is 6.92 Å². The number of rotatable bonds is 6. The summed E-state index contributed by atoms with van der Waals surface area (Å²) in [6.07, 6.45) is 0.957. The average molecular weight is 310 g/mol. The summed E-state index contributed by atoms with van der Waals surface area (Å²) in [4.78, 5) is 1.29. The number of thioether (sulfide) groups is 1. The predicted molar refractivity (Wildman–Crippen MR) is 72.6 cm³/mol. The highest BCUT2D eigenvalue weighted by Crippen LogP contribution is 2.37. The van der Waals surface area contributed by atoms with Crippen LogP contribution in [0, 0.1) is 0 Å². The molecule has 86 valence electrons. The summed E-state index contributed by atoms with van der Waals surface area (Å²) in [5.74, 6) is 0.744. The predicted octanol–water partition coefficient (Wildman–Crippen LogP) is 3.01. The van der Waals surface area contributed by atoms with Crippen LogP contribution in [0.25, 0.3) is 0 Å². The maximum Gasteiger partial charge on any atom is 0.0701 e. The molecule has 5 heteroatoms. The van der Waals surface area contributed by atoms with Gasteiger partial charge in [-0.05, 0) is 34.5 Å². The lowest BCUT2D eigenvalue weighted by atomic mass is 10.1. The third-order valence-electron chi connectivity index (χ3n) is 2.12. The van der Waals surface area contributed by atoms with Gasteiger partial charge in [0.2, 0.25) is 0 Å². The molecule has 0 saturated carbocycles. The van der Waals surface area contributed by atoms with Crippen LogP contribution in [0.1, 0.15) is 23.5 Å². The number of aliphatic hydroxyl groups is 1. The maximum absolute atomic E-state index is 8.85. The van der Waals surface area contributed by atoms with Gasteiger partial charge in [0.25, 0.3) is 0 Å². The van der Waals surface area contributed by atoms with E-state index in [0.717, 1.165) is 16.0 Å². The molecule has 1 aromatic heterocycles. The highest BCUT2D eigenvalue weighted by Gasteiger charge is 2.20. The van der Waals surface area contributed by atoms with E-state index in [4.69, 9.17) is 10.8 Å². The van der Waals surface area contributed by atoms with E-state index >= 15 is 0 Å². The van der Waals surface area contributed by atoms with Crippen LogP contribution in [0.5, 0.6) is 0 Å². The molecule has 0 aliphatic rings. The third kappa shape index (κ3) is 4.07. The number of halogens is 1. The average Bonchev–Trinajstić information content (AvgIpc) is 2.65. The highest BCUT2D eigenvalue weighted by atomic mass is 79.9. The van der Waals surface area contributed by atoms with Crippen LogP contribution >= 0.6 is 39.0 Å². The monoisotopic (exact) mass is 309 g/mol. The van der Waals surface area contributed by atoms with Crippen molar-refractivity contribution in [2.45, 2.75) is 24.6 Å². The minimum absolute atomic E-state index is 0.159. The molecule has 0 radical (unpaired) electrons. The van der Waals surface area contributed by atoms with Crippen LogP contribution in [-0.4, -0.2) is 23.5 Å². The van der Waals surface area contributed by atoms with Crippen LogP contribution in [0.2, 0.25) is 0 Å². The number of hydrogen-bond donors (Lipinski definition) is 2. The molecule has 1 aromatic rings. The smallest absolute Gasteiger partial charge is 0.0701 e. The van der Waals surface area contributed by atoms with Gasteiger partial charge in [0.1, 0.15) is 0 Å². The molecule has 2 nitrogen and oxygen atoms in total. The van der Waals surface area contributed by atoms with Crippen LogP contribution in [0.4, 0.5) is 0 Å². The molecule has 0 bridgehead atoms. The van der Waals surface area contributed by atoms with Gasteiger partial charge in [0, 0.05) is 16.7 Å². The highest BCUT2D eigenvalue weighted by molar-refractivity contribution is 9.11. The minimum Gasteiger partial charge on any atom is -0.396 e. The van der Waals surface area contributed by atoms with E-state index in [1.807, 2.05) is 0 Å². The molecule has 0 fully saturated rings. The Morgan fingerprint density at radius 2 is 2.33 bits per heavy atom. The number of hydrogen-bond acceptors (Lipinski definition) is 4. The first-order chi connectivity index (χ1) is 7.19. The van der Waals surface area contributed by atoms with Crippen LogP contribution in [0.3, 0.4) is 0 Å². The molecular formula is C10H16BrNOS2. The molecule has 1 rings (SSSR count). The van der Waals surface area contributed by atoms with Crippen molar-refractivity contribution in [1.82, 2.24) is 0 Å². The van der Waals surface area contributed by atoms with Crippen molar-refractivity contribution in [3.63, 3.8) is 0 Å². The molecule has 0 saturated heterocycles. The topological polar surface area (TPSA) is 46.2 Å². The molecule has 15 heavy (non-hydrogen) atoms. The minimum atomic E-state index is 0.159. The lowest BCUT2D eigenvalue weighted by molar-refractivity contribution is 0.322. The van der Waals surface area contributed by atoms with Gasteiger partial charge in [-0.3, -0.25) is 0 Å². The van der Waals surface area contributed by atoms with E-state index < -0.39 is 0 Å². The van der Waals surface area contributed by atoms with Crippen molar-refractivity contribution in [3.8, 4) is 0 Å². The summed E-state index contributed by atoms with van der Waals surface area (Å²) in [6.45, 7) is 2.31. The third-order valence-corrected chi connectivity index (χ3v) is 5.36. The maximum atomic E-state index is 8.85. The molecule has 3 N–H and O–H groups in total. The van der Waals surface area contributed by atoms with E-state index in [1.165, 1.54) is 4.88 Å². The molecule has 2 unspecified atom stereocenters. The van der Waals surface area contributed by atoms with Crippen LogP contribution in [0.15, 0.2) is 15.9 Å². The van der Waals surface area contributed by atoms with Crippen molar-refractivity contribution in [2.24, 2.45) is 5.73 Å². The Hall–Kier alpha value is 0.450. The molecule has 0 spiro atoms. The van der Waals surface area contributed by atoms with Gasteiger partial charge in [-0.25, -0.2) is 0 Å². The van der Waals surface area contributed by atoms with E-state index in [0.29, 0.717) is 5.25 Å². The Morgan fingerprint density at radius 1 is 1.60 bits per heavy atom. The van der Waals surface area contributed by atoms with Crippen molar-refractivity contribution >= 4 is 39.0 Å². The lowest BCUT2D eigenvalue weighted by Crippen LogP contribution is -2.25. The number of aliphatic hydroxyl groups excluding tert-OH is 1. The normalized spacial score (nSPS) is 15.2. The van der Waals surface area contributed by atoms with Gasteiger partial charge >= 0.3 is 0 Å². The number of thiophene rings is 1. The quantitative estimate of drug-likeness (QED) is 0.849. The first kappa shape index (κ1) is 13.5. The Balaban J connectivity index is 2.71. The largest absolute Gasteiger partial charge is 0.396 e. The van der Waals surface area contributed by atoms with Gasteiger partial charge in [-0.2, -0.15) is 0 Å². The molecule has 0 aliphatic heterocycles. The SMILES string of the molecule is CCC(N)C(SCCO)c1ccc(Br)s1. The number of nitrogens with two attached hydrogens (primary N) is 1. The Kier molecular flexibility index (Phi) is 6.23. The fourth-order valence-electron chi connectivity index (χ4n) is 1.29. The molecule has 0 amide bonds. The van der Waals surface area contributed by atoms with Crippen molar-refractivity contribution < 1.29 is 5.11 Å². The summed E-state index contributed by atoms with van der Waals surface area (Å²) in [5.41, 5.74) is 6.09. The Morgan fingerprint density at radius 3 is 2.80 bits per heavy atom.